The van der Waals surface area contributed by atoms with Gasteiger partial charge in [0.15, 0.2) is 0 Å². The normalized spacial score (nSPS) is 11.1. The number of benzene rings is 1. The fourth-order valence-electron chi connectivity index (χ4n) is 1.39. The summed E-state index contributed by atoms with van der Waals surface area (Å²) in [5.74, 6) is 1.23. The van der Waals surface area contributed by atoms with Crippen molar-refractivity contribution in [3.63, 3.8) is 0 Å². The van der Waals surface area contributed by atoms with Crippen LogP contribution in [0.1, 0.15) is 13.8 Å². The maximum Gasteiger partial charge on any atom is 0.519 e. The van der Waals surface area contributed by atoms with Crippen LogP contribution in [0.3, 0.4) is 0 Å². The molecule has 90 valence electrons. The molecule has 0 saturated carbocycles. The molecule has 1 heterocycles. The molecule has 17 heavy (non-hydrogen) atoms. The Balaban J connectivity index is 2.24. The highest BCUT2D eigenvalue weighted by molar-refractivity contribution is 7.27. The summed E-state index contributed by atoms with van der Waals surface area (Å²) in [6, 6.07) is 5.57. The number of aromatic nitrogens is 1. The maximum absolute atomic E-state index is 9.04. The smallest absolute Gasteiger partial charge is 0.493 e. The fourth-order valence-corrected chi connectivity index (χ4v) is 2.21. The lowest BCUT2D eigenvalue weighted by Gasteiger charge is -2.07. The van der Waals surface area contributed by atoms with E-state index in [1.54, 1.807) is 0 Å². The monoisotopic (exact) mass is 251 g/mol. The van der Waals surface area contributed by atoms with E-state index in [9.17, 15) is 0 Å². The van der Waals surface area contributed by atoms with E-state index >= 15 is 0 Å². The molecule has 6 heteroatoms. The summed E-state index contributed by atoms with van der Waals surface area (Å²) < 4.78 is 6.51. The van der Waals surface area contributed by atoms with Crippen molar-refractivity contribution in [1.82, 2.24) is 4.98 Å². The van der Waals surface area contributed by atoms with Crippen molar-refractivity contribution in [2.75, 3.05) is 6.61 Å². The van der Waals surface area contributed by atoms with Crippen molar-refractivity contribution in [3.8, 4) is 5.75 Å². The van der Waals surface area contributed by atoms with Crippen molar-refractivity contribution < 1.29 is 14.8 Å². The summed E-state index contributed by atoms with van der Waals surface area (Å²) in [7, 11) is -1.51. The summed E-state index contributed by atoms with van der Waals surface area (Å²) in [6.07, 6.45) is 0. The third-order valence-electron chi connectivity index (χ3n) is 2.18. The maximum atomic E-state index is 9.04. The minimum atomic E-state index is -1.51. The Labute approximate surface area is 104 Å². The Bertz CT molecular complexity index is 512. The molecule has 0 spiro atoms. The highest BCUT2D eigenvalue weighted by Gasteiger charge is 2.16. The molecule has 4 nitrogen and oxygen atoms in total. The van der Waals surface area contributed by atoms with E-state index in [-0.39, 0.29) is 0 Å². The van der Waals surface area contributed by atoms with Crippen LogP contribution >= 0.6 is 11.3 Å². The molecule has 0 atom stereocenters. The number of rotatable bonds is 4. The molecule has 0 bridgehead atoms. The molecule has 0 fully saturated rings. The largest absolute Gasteiger partial charge is 0.519 e. The van der Waals surface area contributed by atoms with Gasteiger partial charge in [-0.05, 0) is 18.1 Å². The molecule has 1 aromatic heterocycles. The van der Waals surface area contributed by atoms with Gasteiger partial charge in [-0.25, -0.2) is 4.98 Å². The molecule has 2 aromatic rings. The molecule has 0 saturated heterocycles. The van der Waals surface area contributed by atoms with Crippen LogP contribution in [0.2, 0.25) is 0 Å². The third kappa shape index (κ3) is 2.97. The molecule has 0 aliphatic carbocycles. The molecule has 0 amide bonds. The number of thiazole rings is 1. The Morgan fingerprint density at radius 3 is 2.82 bits per heavy atom. The fraction of sp³-hybridized carbons (Fsp3) is 0.364. The molecular formula is C11H14BNO3S. The number of hydrogen-bond donors (Lipinski definition) is 2. The first-order valence-corrected chi connectivity index (χ1v) is 6.27. The molecule has 2 N–H and O–H groups in total. The van der Waals surface area contributed by atoms with Gasteiger partial charge in [0.2, 0.25) is 0 Å². The van der Waals surface area contributed by atoms with Crippen LogP contribution in [0.15, 0.2) is 18.2 Å². The van der Waals surface area contributed by atoms with Crippen LogP contribution in [0.5, 0.6) is 5.75 Å². The predicted octanol–water partition coefficient (Wildman–Crippen LogP) is 1.01. The van der Waals surface area contributed by atoms with Gasteiger partial charge >= 0.3 is 7.12 Å². The lowest BCUT2D eigenvalue weighted by Crippen LogP contribution is -2.28. The molecule has 0 unspecified atom stereocenters. The highest BCUT2D eigenvalue weighted by Crippen LogP contribution is 2.22. The minimum absolute atomic E-state index is 0.306. The lowest BCUT2D eigenvalue weighted by atomic mass is 9.94. The Morgan fingerprint density at radius 1 is 1.41 bits per heavy atom. The third-order valence-corrected chi connectivity index (χ3v) is 3.26. The molecule has 0 aliphatic rings. The minimum Gasteiger partial charge on any atom is -0.493 e. The van der Waals surface area contributed by atoms with Gasteiger partial charge in [0.1, 0.15) is 10.7 Å². The Hall–Kier alpha value is -1.11. The van der Waals surface area contributed by atoms with Crippen LogP contribution < -0.4 is 9.64 Å². The van der Waals surface area contributed by atoms with Gasteiger partial charge < -0.3 is 14.8 Å². The summed E-state index contributed by atoms with van der Waals surface area (Å²) >= 11 is 1.27. The zero-order valence-electron chi connectivity index (χ0n) is 9.75. The van der Waals surface area contributed by atoms with Crippen LogP contribution in [0.25, 0.3) is 10.2 Å². The lowest BCUT2D eigenvalue weighted by molar-refractivity contribution is 0.271. The second-order valence-corrected chi connectivity index (χ2v) is 5.32. The summed E-state index contributed by atoms with van der Waals surface area (Å²) in [4.78, 5) is 4.44. The quantitative estimate of drug-likeness (QED) is 0.796. The van der Waals surface area contributed by atoms with Crippen molar-refractivity contribution in [3.05, 3.63) is 18.2 Å². The Kier molecular flexibility index (Phi) is 3.66. The van der Waals surface area contributed by atoms with Gasteiger partial charge in [-0.1, -0.05) is 13.8 Å². The van der Waals surface area contributed by atoms with Crippen molar-refractivity contribution in [2.45, 2.75) is 13.8 Å². The van der Waals surface area contributed by atoms with Crippen molar-refractivity contribution in [1.29, 1.82) is 0 Å². The molecular weight excluding hydrogens is 237 g/mol. The van der Waals surface area contributed by atoms with Crippen LogP contribution in [-0.2, 0) is 0 Å². The SMILES string of the molecule is CC(C)COc1ccc2sc(B(O)O)nc2c1. The summed E-state index contributed by atoms with van der Waals surface area (Å²) in [5, 5.41) is 18.1. The van der Waals surface area contributed by atoms with Gasteiger partial charge in [0.25, 0.3) is 0 Å². The zero-order chi connectivity index (χ0) is 12.4. The standard InChI is InChI=1S/C11H14BNO3S/c1-7(2)6-16-8-3-4-10-9(5-8)13-11(17-10)12(14)15/h3-5,7,14-15H,6H2,1-2H3. The van der Waals surface area contributed by atoms with E-state index in [1.807, 2.05) is 18.2 Å². The predicted molar refractivity (Wildman–Crippen MR) is 69.8 cm³/mol. The van der Waals surface area contributed by atoms with Gasteiger partial charge in [0, 0.05) is 6.07 Å². The van der Waals surface area contributed by atoms with Gasteiger partial charge in [0.05, 0.1) is 16.8 Å². The second-order valence-electron chi connectivity index (χ2n) is 4.26. The summed E-state index contributed by atoms with van der Waals surface area (Å²) in [5.41, 5.74) is 0.736. The van der Waals surface area contributed by atoms with E-state index < -0.39 is 7.12 Å². The number of hydrogen-bond acceptors (Lipinski definition) is 5. The topological polar surface area (TPSA) is 62.6 Å². The van der Waals surface area contributed by atoms with E-state index in [4.69, 9.17) is 14.8 Å². The average Bonchev–Trinajstić information content (AvgIpc) is 2.69. The first-order chi connectivity index (χ1) is 8.06. The van der Waals surface area contributed by atoms with Crippen LogP contribution in [-0.4, -0.2) is 28.8 Å². The number of fused-ring (bicyclic) bond motifs is 1. The molecule has 1 aromatic carbocycles. The van der Waals surface area contributed by atoms with Gasteiger partial charge in [-0.2, -0.15) is 0 Å². The van der Waals surface area contributed by atoms with Gasteiger partial charge in [-0.3, -0.25) is 0 Å². The number of ether oxygens (including phenoxy) is 1. The van der Waals surface area contributed by atoms with E-state index in [0.717, 1.165) is 16.0 Å². The average molecular weight is 251 g/mol. The first-order valence-electron chi connectivity index (χ1n) is 5.45. The molecule has 0 aliphatic heterocycles. The van der Waals surface area contributed by atoms with E-state index in [1.165, 1.54) is 11.3 Å². The first kappa shape index (κ1) is 12.4. The Morgan fingerprint density at radius 2 is 2.18 bits per heavy atom. The van der Waals surface area contributed by atoms with Crippen molar-refractivity contribution >= 4 is 33.6 Å². The van der Waals surface area contributed by atoms with E-state index in [2.05, 4.69) is 18.8 Å². The second kappa shape index (κ2) is 5.04. The van der Waals surface area contributed by atoms with Crippen molar-refractivity contribution in [2.24, 2.45) is 5.92 Å². The van der Waals surface area contributed by atoms with Crippen LogP contribution in [0.4, 0.5) is 0 Å². The number of nitrogens with zero attached hydrogens (tertiary/aromatic N) is 1. The van der Waals surface area contributed by atoms with Gasteiger partial charge in [-0.15, -0.1) is 11.3 Å². The summed E-state index contributed by atoms with van der Waals surface area (Å²) in [6.45, 7) is 4.83. The molecule has 0 radical (unpaired) electrons. The van der Waals surface area contributed by atoms with E-state index in [0.29, 0.717) is 17.4 Å². The highest BCUT2D eigenvalue weighted by atomic mass is 32.1. The zero-order valence-corrected chi connectivity index (χ0v) is 10.6. The molecule has 2 rings (SSSR count). The van der Waals surface area contributed by atoms with Crippen LogP contribution in [0, 0.1) is 5.92 Å².